The average molecular weight is 257 g/mol. The quantitative estimate of drug-likeness (QED) is 0.848. The summed E-state index contributed by atoms with van der Waals surface area (Å²) in [6.45, 7) is 4.35. The summed E-state index contributed by atoms with van der Waals surface area (Å²) in [4.78, 5) is 24.7. The third-order valence-electron chi connectivity index (χ3n) is 2.51. The molecule has 1 atom stereocenters. The summed E-state index contributed by atoms with van der Waals surface area (Å²) in [6, 6.07) is -0.998. The first-order chi connectivity index (χ1) is 7.90. The van der Waals surface area contributed by atoms with Gasteiger partial charge in [0.15, 0.2) is 0 Å². The van der Waals surface area contributed by atoms with Crippen molar-refractivity contribution in [2.24, 2.45) is 0 Å². The van der Waals surface area contributed by atoms with Crippen LogP contribution in [0.3, 0.4) is 0 Å². The van der Waals surface area contributed by atoms with Gasteiger partial charge in [-0.3, -0.25) is 9.69 Å². The molecule has 0 radical (unpaired) electrons. The van der Waals surface area contributed by atoms with Crippen LogP contribution in [0, 0.1) is 13.8 Å². The predicted molar refractivity (Wildman–Crippen MR) is 65.5 cm³/mol. The van der Waals surface area contributed by atoms with Crippen molar-refractivity contribution in [2.75, 3.05) is 11.5 Å². The number of hydrogen-bond donors (Lipinski definition) is 2. The molecule has 0 aromatic carbocycles. The smallest absolute Gasteiger partial charge is 0.326 e. The van der Waals surface area contributed by atoms with Gasteiger partial charge in [-0.05, 0) is 31.7 Å². The minimum atomic E-state index is -1.10. The standard InChI is InChI=1S/C11H15NO4S/c1-6-5-17-8(3)10(6)12(9(14)4-13)7(2)11(15)16/h5,7,13H,4H2,1-3H3,(H,15,16)/t7-/m0/s1. The molecule has 0 bridgehead atoms. The molecule has 0 aliphatic rings. The van der Waals surface area contributed by atoms with Gasteiger partial charge in [0.05, 0.1) is 5.69 Å². The van der Waals surface area contributed by atoms with Gasteiger partial charge in [0.2, 0.25) is 0 Å². The lowest BCUT2D eigenvalue weighted by Gasteiger charge is -2.26. The van der Waals surface area contributed by atoms with Crippen molar-refractivity contribution in [1.82, 2.24) is 0 Å². The molecule has 0 saturated heterocycles. The van der Waals surface area contributed by atoms with E-state index in [2.05, 4.69) is 0 Å². The molecule has 1 amide bonds. The summed E-state index contributed by atoms with van der Waals surface area (Å²) >= 11 is 1.45. The number of carboxylic acids is 1. The van der Waals surface area contributed by atoms with E-state index in [1.807, 2.05) is 19.2 Å². The van der Waals surface area contributed by atoms with Crippen LogP contribution in [-0.4, -0.2) is 34.7 Å². The van der Waals surface area contributed by atoms with Crippen LogP contribution < -0.4 is 4.90 Å². The summed E-state index contributed by atoms with van der Waals surface area (Å²) in [5, 5.41) is 19.8. The largest absolute Gasteiger partial charge is 0.480 e. The molecular weight excluding hydrogens is 242 g/mol. The van der Waals surface area contributed by atoms with Gasteiger partial charge in [-0.1, -0.05) is 0 Å². The van der Waals surface area contributed by atoms with Gasteiger partial charge in [0.25, 0.3) is 5.91 Å². The summed E-state index contributed by atoms with van der Waals surface area (Å²) in [7, 11) is 0. The van der Waals surface area contributed by atoms with E-state index >= 15 is 0 Å². The molecule has 1 rings (SSSR count). The van der Waals surface area contributed by atoms with Gasteiger partial charge in [-0.15, -0.1) is 11.3 Å². The van der Waals surface area contributed by atoms with Crippen molar-refractivity contribution in [1.29, 1.82) is 0 Å². The van der Waals surface area contributed by atoms with Gasteiger partial charge >= 0.3 is 5.97 Å². The maximum absolute atomic E-state index is 11.7. The Hall–Kier alpha value is -1.40. The first-order valence-corrected chi connectivity index (χ1v) is 5.98. The van der Waals surface area contributed by atoms with E-state index < -0.39 is 24.5 Å². The number of aliphatic hydroxyl groups excluding tert-OH is 1. The second-order valence-electron chi connectivity index (χ2n) is 3.76. The molecule has 1 heterocycles. The molecule has 1 aromatic heterocycles. The lowest BCUT2D eigenvalue weighted by molar-refractivity contribution is -0.140. The molecule has 6 heteroatoms. The number of hydrogen-bond acceptors (Lipinski definition) is 4. The van der Waals surface area contributed by atoms with E-state index in [0.29, 0.717) is 5.69 Å². The van der Waals surface area contributed by atoms with Crippen molar-refractivity contribution < 1.29 is 19.8 Å². The van der Waals surface area contributed by atoms with Gasteiger partial charge < -0.3 is 10.2 Å². The molecule has 0 saturated carbocycles. The van der Waals surface area contributed by atoms with Crippen LogP contribution in [-0.2, 0) is 9.59 Å². The Balaban J connectivity index is 3.24. The van der Waals surface area contributed by atoms with Crippen LogP contribution >= 0.6 is 11.3 Å². The maximum atomic E-state index is 11.7. The third kappa shape index (κ3) is 2.65. The number of aliphatic hydroxyl groups is 1. The molecule has 0 spiro atoms. The van der Waals surface area contributed by atoms with Crippen LogP contribution in [0.15, 0.2) is 5.38 Å². The Morgan fingerprint density at radius 3 is 2.41 bits per heavy atom. The fraction of sp³-hybridized carbons (Fsp3) is 0.455. The topological polar surface area (TPSA) is 77.8 Å². The normalized spacial score (nSPS) is 12.2. The van der Waals surface area contributed by atoms with E-state index in [1.165, 1.54) is 18.3 Å². The number of thiophene rings is 1. The Bertz CT molecular complexity index is 421. The summed E-state index contributed by atoms with van der Waals surface area (Å²) in [5.41, 5.74) is 1.42. The van der Waals surface area contributed by atoms with E-state index in [0.717, 1.165) is 15.3 Å². The lowest BCUT2D eigenvalue weighted by atomic mass is 10.2. The molecule has 0 unspecified atom stereocenters. The second kappa shape index (κ2) is 5.29. The van der Waals surface area contributed by atoms with Gasteiger partial charge in [-0.2, -0.15) is 0 Å². The van der Waals surface area contributed by atoms with Crippen LogP contribution in [0.5, 0.6) is 0 Å². The molecule has 1 aromatic rings. The minimum Gasteiger partial charge on any atom is -0.480 e. The SMILES string of the molecule is Cc1csc(C)c1N(C(=O)CO)[C@@H](C)C(=O)O. The molecule has 94 valence electrons. The fourth-order valence-corrected chi connectivity index (χ4v) is 2.48. The Morgan fingerprint density at radius 1 is 1.47 bits per heavy atom. The predicted octanol–water partition coefficient (Wildman–Crippen LogP) is 1.16. The van der Waals surface area contributed by atoms with Crippen LogP contribution in [0.25, 0.3) is 0 Å². The molecule has 0 aliphatic carbocycles. The second-order valence-corrected chi connectivity index (χ2v) is 4.84. The van der Waals surface area contributed by atoms with Crippen LogP contribution in [0.2, 0.25) is 0 Å². The van der Waals surface area contributed by atoms with Gasteiger partial charge in [-0.25, -0.2) is 4.79 Å². The molecular formula is C11H15NO4S. The van der Waals surface area contributed by atoms with E-state index in [9.17, 15) is 9.59 Å². The highest BCUT2D eigenvalue weighted by molar-refractivity contribution is 7.10. The minimum absolute atomic E-state index is 0.587. The van der Waals surface area contributed by atoms with Crippen molar-refractivity contribution in [3.63, 3.8) is 0 Å². The van der Waals surface area contributed by atoms with Crippen LogP contribution in [0.1, 0.15) is 17.4 Å². The van der Waals surface area contributed by atoms with Crippen molar-refractivity contribution in [3.05, 3.63) is 15.8 Å². The highest BCUT2D eigenvalue weighted by atomic mass is 32.1. The highest BCUT2D eigenvalue weighted by Gasteiger charge is 2.29. The zero-order valence-corrected chi connectivity index (χ0v) is 10.7. The number of aliphatic carboxylic acids is 1. The molecule has 2 N–H and O–H groups in total. The number of amides is 1. The number of carbonyl (C=O) groups excluding carboxylic acids is 1. The molecule has 0 fully saturated rings. The molecule has 17 heavy (non-hydrogen) atoms. The first-order valence-electron chi connectivity index (χ1n) is 5.10. The summed E-state index contributed by atoms with van der Waals surface area (Å²) in [5.74, 6) is -1.71. The molecule has 5 nitrogen and oxygen atoms in total. The lowest BCUT2D eigenvalue weighted by Crippen LogP contribution is -2.45. The Kier molecular flexibility index (Phi) is 4.25. The van der Waals surface area contributed by atoms with E-state index in [4.69, 9.17) is 10.2 Å². The summed E-state index contributed by atoms with van der Waals surface area (Å²) < 4.78 is 0. The third-order valence-corrected chi connectivity index (χ3v) is 3.53. The summed E-state index contributed by atoms with van der Waals surface area (Å²) in [6.07, 6.45) is 0. The van der Waals surface area contributed by atoms with Crippen molar-refractivity contribution >= 4 is 28.9 Å². The first kappa shape index (κ1) is 13.7. The van der Waals surface area contributed by atoms with Gasteiger partial charge in [0.1, 0.15) is 12.6 Å². The van der Waals surface area contributed by atoms with E-state index in [-0.39, 0.29) is 0 Å². The Morgan fingerprint density at radius 2 is 2.06 bits per heavy atom. The number of rotatable bonds is 4. The van der Waals surface area contributed by atoms with Gasteiger partial charge in [0, 0.05) is 4.88 Å². The number of carbonyl (C=O) groups is 2. The van der Waals surface area contributed by atoms with Crippen molar-refractivity contribution in [3.8, 4) is 0 Å². The number of anilines is 1. The maximum Gasteiger partial charge on any atom is 0.326 e. The van der Waals surface area contributed by atoms with Crippen LogP contribution in [0.4, 0.5) is 5.69 Å². The van der Waals surface area contributed by atoms with Crippen molar-refractivity contribution in [2.45, 2.75) is 26.8 Å². The number of carboxylic acid groups (broad SMARTS) is 1. The average Bonchev–Trinajstić information content (AvgIpc) is 2.60. The molecule has 0 aliphatic heterocycles. The zero-order valence-electron chi connectivity index (χ0n) is 9.93. The Labute approximate surface area is 103 Å². The monoisotopic (exact) mass is 257 g/mol. The van der Waals surface area contributed by atoms with E-state index in [1.54, 1.807) is 0 Å². The number of aryl methyl sites for hydroxylation is 2. The highest BCUT2D eigenvalue weighted by Crippen LogP contribution is 2.31. The number of nitrogens with zero attached hydrogens (tertiary/aromatic N) is 1. The zero-order chi connectivity index (χ0) is 13.2. The fourth-order valence-electron chi connectivity index (χ4n) is 1.65.